The molecule has 3 aromatic rings. The van der Waals surface area contributed by atoms with Gasteiger partial charge in [0.15, 0.2) is 5.65 Å². The van der Waals surface area contributed by atoms with Gasteiger partial charge in [-0.1, -0.05) is 0 Å². The molecule has 25 heavy (non-hydrogen) atoms. The van der Waals surface area contributed by atoms with Crippen LogP contribution < -0.4 is 4.74 Å². The van der Waals surface area contributed by atoms with E-state index >= 15 is 0 Å². The van der Waals surface area contributed by atoms with Crippen LogP contribution in [-0.2, 0) is 5.92 Å². The molecule has 0 radical (unpaired) electrons. The van der Waals surface area contributed by atoms with E-state index in [0.29, 0.717) is 23.7 Å². The van der Waals surface area contributed by atoms with Gasteiger partial charge in [-0.25, -0.2) is 0 Å². The molecule has 0 amide bonds. The second-order valence-electron chi connectivity index (χ2n) is 5.43. The van der Waals surface area contributed by atoms with Crippen molar-refractivity contribution in [3.05, 3.63) is 41.7 Å². The van der Waals surface area contributed by atoms with Crippen molar-refractivity contribution in [3.63, 3.8) is 0 Å². The van der Waals surface area contributed by atoms with Crippen molar-refractivity contribution in [3.8, 4) is 17.0 Å². The van der Waals surface area contributed by atoms with Gasteiger partial charge in [0.25, 0.3) is 0 Å². The molecule has 0 bridgehead atoms. The molecule has 0 unspecified atom stereocenters. The van der Waals surface area contributed by atoms with Crippen LogP contribution in [0.2, 0.25) is 0 Å². The zero-order valence-corrected chi connectivity index (χ0v) is 13.0. The fraction of sp³-hybridized carbons (Fsp3) is 0.267. The van der Waals surface area contributed by atoms with E-state index in [9.17, 15) is 22.0 Å². The Hall–Kier alpha value is -2.78. The van der Waals surface area contributed by atoms with Gasteiger partial charge < -0.3 is 4.74 Å². The highest BCUT2D eigenvalue weighted by Gasteiger charge is 2.32. The minimum atomic E-state index is -4.79. The Morgan fingerprint density at radius 3 is 2.20 bits per heavy atom. The Kier molecular flexibility index (Phi) is 3.85. The van der Waals surface area contributed by atoms with E-state index in [0.717, 1.165) is 16.6 Å². The Morgan fingerprint density at radius 2 is 1.64 bits per heavy atom. The van der Waals surface area contributed by atoms with Gasteiger partial charge in [0.2, 0.25) is 5.82 Å². The lowest BCUT2D eigenvalue weighted by molar-refractivity contribution is -0.274. The van der Waals surface area contributed by atoms with Gasteiger partial charge in [0.05, 0.1) is 5.69 Å². The zero-order valence-electron chi connectivity index (χ0n) is 13.0. The van der Waals surface area contributed by atoms with Crippen LogP contribution in [0.3, 0.4) is 0 Å². The number of nitrogens with zero attached hydrogens (tertiary/aromatic N) is 4. The maximum absolute atomic E-state index is 13.6. The molecular formula is C15H11F5N4O. The van der Waals surface area contributed by atoms with E-state index < -0.39 is 18.1 Å². The van der Waals surface area contributed by atoms with E-state index in [2.05, 4.69) is 20.0 Å². The van der Waals surface area contributed by atoms with Crippen LogP contribution >= 0.6 is 0 Å². The molecule has 0 aliphatic heterocycles. The molecule has 0 N–H and O–H groups in total. The van der Waals surface area contributed by atoms with Crippen LogP contribution in [0.4, 0.5) is 22.0 Å². The predicted molar refractivity (Wildman–Crippen MR) is 77.2 cm³/mol. The number of hydrogen-bond acceptors (Lipinski definition) is 4. The smallest absolute Gasteiger partial charge is 0.406 e. The Labute approximate surface area is 138 Å². The van der Waals surface area contributed by atoms with E-state index in [1.54, 1.807) is 6.92 Å². The monoisotopic (exact) mass is 358 g/mol. The highest BCUT2D eigenvalue weighted by molar-refractivity contribution is 5.65. The van der Waals surface area contributed by atoms with Gasteiger partial charge in [-0.2, -0.15) is 18.4 Å². The van der Waals surface area contributed by atoms with E-state index in [1.807, 2.05) is 0 Å². The van der Waals surface area contributed by atoms with Crippen molar-refractivity contribution in [1.82, 2.24) is 19.8 Å². The molecule has 1 aromatic carbocycles. The SMILES string of the molecule is Cc1cc2nnc(C(C)(F)F)n2nc1-c1ccc(OC(F)(F)F)cc1. The molecule has 0 saturated heterocycles. The van der Waals surface area contributed by atoms with Gasteiger partial charge in [0, 0.05) is 12.5 Å². The van der Waals surface area contributed by atoms with Crippen LogP contribution in [0.15, 0.2) is 30.3 Å². The Morgan fingerprint density at radius 1 is 1.00 bits per heavy atom. The molecular weight excluding hydrogens is 347 g/mol. The van der Waals surface area contributed by atoms with Crippen LogP contribution in [0, 0.1) is 6.92 Å². The van der Waals surface area contributed by atoms with Crippen molar-refractivity contribution in [2.75, 3.05) is 0 Å². The zero-order chi connectivity index (χ0) is 18.4. The first-order valence-electron chi connectivity index (χ1n) is 7.02. The average molecular weight is 358 g/mol. The van der Waals surface area contributed by atoms with Gasteiger partial charge in [0.1, 0.15) is 5.75 Å². The molecule has 132 valence electrons. The first-order chi connectivity index (χ1) is 11.5. The highest BCUT2D eigenvalue weighted by Crippen LogP contribution is 2.29. The summed E-state index contributed by atoms with van der Waals surface area (Å²) in [6.45, 7) is 2.36. The summed E-state index contributed by atoms with van der Waals surface area (Å²) in [4.78, 5) is 0. The fourth-order valence-corrected chi connectivity index (χ4v) is 2.29. The lowest BCUT2D eigenvalue weighted by atomic mass is 10.1. The van der Waals surface area contributed by atoms with Crippen LogP contribution in [0.25, 0.3) is 16.9 Å². The third-order valence-corrected chi connectivity index (χ3v) is 3.34. The maximum atomic E-state index is 13.6. The average Bonchev–Trinajstić information content (AvgIpc) is 2.88. The first kappa shape index (κ1) is 17.1. The van der Waals surface area contributed by atoms with Crippen molar-refractivity contribution >= 4 is 5.65 Å². The van der Waals surface area contributed by atoms with Gasteiger partial charge in [-0.3, -0.25) is 0 Å². The van der Waals surface area contributed by atoms with Crippen molar-refractivity contribution in [2.24, 2.45) is 0 Å². The normalized spacial score (nSPS) is 12.6. The van der Waals surface area contributed by atoms with Gasteiger partial charge in [-0.05, 0) is 42.8 Å². The molecule has 3 rings (SSSR count). The first-order valence-corrected chi connectivity index (χ1v) is 7.02. The van der Waals surface area contributed by atoms with Crippen LogP contribution in [0.1, 0.15) is 18.3 Å². The molecule has 2 aromatic heterocycles. The summed E-state index contributed by atoms with van der Waals surface area (Å²) in [7, 11) is 0. The summed E-state index contributed by atoms with van der Waals surface area (Å²) < 4.78 is 68.5. The Bertz CT molecular complexity index is 913. The number of halogens is 5. The van der Waals surface area contributed by atoms with Crippen LogP contribution in [0.5, 0.6) is 5.75 Å². The summed E-state index contributed by atoms with van der Waals surface area (Å²) in [5.74, 6) is -4.26. The molecule has 0 aliphatic carbocycles. The molecule has 10 heteroatoms. The largest absolute Gasteiger partial charge is 0.573 e. The number of benzene rings is 1. The van der Waals surface area contributed by atoms with E-state index in [4.69, 9.17) is 0 Å². The number of aromatic nitrogens is 4. The predicted octanol–water partition coefficient (Wildman–Crippen LogP) is 4.11. The molecule has 0 aliphatic rings. The lowest BCUT2D eigenvalue weighted by Crippen LogP contribution is -2.17. The Balaban J connectivity index is 2.04. The second kappa shape index (κ2) is 5.64. The molecule has 0 spiro atoms. The summed E-state index contributed by atoms with van der Waals surface area (Å²) in [6.07, 6.45) is -4.79. The number of fused-ring (bicyclic) bond motifs is 1. The number of aryl methyl sites for hydroxylation is 1. The highest BCUT2D eigenvalue weighted by atomic mass is 19.4. The standard InChI is InChI=1S/C15H11F5N4O/c1-8-7-11-21-22-13(14(2,16)17)24(11)23-12(8)9-3-5-10(6-4-9)25-15(18,19)20/h3-7H,1-2H3. The van der Waals surface area contributed by atoms with Gasteiger partial charge in [-0.15, -0.1) is 23.4 Å². The molecule has 0 fully saturated rings. The summed E-state index contributed by atoms with van der Waals surface area (Å²) in [6, 6.07) is 6.47. The van der Waals surface area contributed by atoms with Crippen molar-refractivity contribution < 1.29 is 26.7 Å². The number of alkyl halides is 5. The lowest BCUT2D eigenvalue weighted by Gasteiger charge is -2.11. The molecule has 5 nitrogen and oxygen atoms in total. The quantitative estimate of drug-likeness (QED) is 0.661. The summed E-state index contributed by atoms with van der Waals surface area (Å²) in [5.41, 5.74) is 1.51. The molecule has 2 heterocycles. The fourth-order valence-electron chi connectivity index (χ4n) is 2.29. The second-order valence-corrected chi connectivity index (χ2v) is 5.43. The minimum Gasteiger partial charge on any atom is -0.406 e. The van der Waals surface area contributed by atoms with E-state index in [1.165, 1.54) is 18.2 Å². The van der Waals surface area contributed by atoms with Crippen LogP contribution in [-0.4, -0.2) is 26.2 Å². The summed E-state index contributed by atoms with van der Waals surface area (Å²) >= 11 is 0. The third-order valence-electron chi connectivity index (χ3n) is 3.34. The van der Waals surface area contributed by atoms with Gasteiger partial charge >= 0.3 is 12.3 Å². The topological polar surface area (TPSA) is 52.3 Å². The number of rotatable bonds is 3. The molecule has 0 saturated carbocycles. The summed E-state index contributed by atoms with van der Waals surface area (Å²) in [5, 5.41) is 11.2. The van der Waals surface area contributed by atoms with Crippen molar-refractivity contribution in [1.29, 1.82) is 0 Å². The third kappa shape index (κ3) is 3.52. The minimum absolute atomic E-state index is 0.148. The number of ether oxygens (including phenoxy) is 1. The number of hydrogen-bond donors (Lipinski definition) is 0. The van der Waals surface area contributed by atoms with Crippen molar-refractivity contribution in [2.45, 2.75) is 26.1 Å². The maximum Gasteiger partial charge on any atom is 0.573 e. The van der Waals surface area contributed by atoms with E-state index in [-0.39, 0.29) is 11.4 Å². The molecule has 0 atom stereocenters.